The number of aryl methyl sites for hydroxylation is 1. The van der Waals surface area contributed by atoms with Crippen molar-refractivity contribution in [3.8, 4) is 22.8 Å². The first-order chi connectivity index (χ1) is 24.2. The number of fused-ring (bicyclic) bond motifs is 2. The van der Waals surface area contributed by atoms with Crippen LogP contribution in [0.15, 0.2) is 77.6 Å². The molecule has 2 aromatic heterocycles. The van der Waals surface area contributed by atoms with Gasteiger partial charge in [-0.05, 0) is 78.8 Å². The molecule has 0 fully saturated rings. The molecular formula is C38H46N6O6. The molecule has 2 aromatic carbocycles. The standard InChI is InChI=1S/C38H46N6O6/c1-25(2)18-30-22-44(23-32-21-33(43-50-32)27-13-16-39-17-14-27)24-36(45)40-15-5-6-28-20-29(9-12-35(28)49-4)37(46)42-34(38(47)41-30)19-26-7-10-31(48-3)11-8-26/h7-14,16-17,20-21,25,30,34H,5-6,15,18-19,22-24H2,1-4H3,(H,40,45)(H,41,47)(H,42,46)/t30-,34-/m0/s1. The van der Waals surface area contributed by atoms with Crippen molar-refractivity contribution in [1.82, 2.24) is 31.0 Å². The quantitative estimate of drug-likeness (QED) is 0.236. The zero-order chi connectivity index (χ0) is 35.5. The van der Waals surface area contributed by atoms with Gasteiger partial charge in [-0.1, -0.05) is 31.1 Å². The van der Waals surface area contributed by atoms with Gasteiger partial charge < -0.3 is 29.9 Å². The van der Waals surface area contributed by atoms with E-state index in [4.69, 9.17) is 14.0 Å². The summed E-state index contributed by atoms with van der Waals surface area (Å²) < 4.78 is 16.6. The number of nitrogens with zero attached hydrogens (tertiary/aromatic N) is 3. The van der Waals surface area contributed by atoms with E-state index in [1.807, 2.05) is 47.4 Å². The third-order valence-electron chi connectivity index (χ3n) is 8.57. The summed E-state index contributed by atoms with van der Waals surface area (Å²) in [7, 11) is 3.18. The average molecular weight is 683 g/mol. The molecule has 3 N–H and O–H groups in total. The predicted molar refractivity (Wildman–Crippen MR) is 189 cm³/mol. The number of hydrogen-bond acceptors (Lipinski definition) is 9. The number of benzene rings is 2. The molecular weight excluding hydrogens is 636 g/mol. The predicted octanol–water partition coefficient (Wildman–Crippen LogP) is 4.19. The Balaban J connectivity index is 1.44. The molecule has 0 spiro atoms. The molecule has 12 nitrogen and oxygen atoms in total. The highest BCUT2D eigenvalue weighted by molar-refractivity contribution is 5.98. The van der Waals surface area contributed by atoms with Gasteiger partial charge in [0.25, 0.3) is 5.91 Å². The van der Waals surface area contributed by atoms with Gasteiger partial charge in [0, 0.05) is 55.1 Å². The third kappa shape index (κ3) is 10.1. The second-order valence-electron chi connectivity index (χ2n) is 13.0. The first kappa shape index (κ1) is 36.1. The first-order valence-electron chi connectivity index (χ1n) is 17.0. The fourth-order valence-electron chi connectivity index (χ4n) is 6.14. The topological polar surface area (TPSA) is 148 Å². The molecule has 3 amide bonds. The molecule has 0 saturated carbocycles. The molecule has 3 heterocycles. The van der Waals surface area contributed by atoms with Gasteiger partial charge in [0.1, 0.15) is 23.2 Å². The number of nitrogens with one attached hydrogen (secondary N) is 3. The first-order valence-corrected chi connectivity index (χ1v) is 17.0. The zero-order valence-electron chi connectivity index (χ0n) is 29.1. The van der Waals surface area contributed by atoms with Crippen molar-refractivity contribution in [3.63, 3.8) is 0 Å². The Morgan fingerprint density at radius 1 is 0.940 bits per heavy atom. The maximum Gasteiger partial charge on any atom is 0.251 e. The van der Waals surface area contributed by atoms with E-state index in [0.717, 1.165) is 16.7 Å². The maximum atomic E-state index is 14.1. The number of pyridine rings is 1. The third-order valence-corrected chi connectivity index (χ3v) is 8.57. The SMILES string of the molecule is COc1ccc(C[C@@H]2NC(=O)c3ccc(OC)c(c3)CCCNC(=O)CN(Cc3cc(-c4ccncc4)no3)C[C@H](CC(C)C)NC2=O)cc1. The summed E-state index contributed by atoms with van der Waals surface area (Å²) in [4.78, 5) is 47.2. The van der Waals surface area contributed by atoms with Gasteiger partial charge in [-0.25, -0.2) is 0 Å². The van der Waals surface area contributed by atoms with Crippen LogP contribution in [0.1, 0.15) is 53.9 Å². The highest BCUT2D eigenvalue weighted by Crippen LogP contribution is 2.23. The van der Waals surface area contributed by atoms with Crippen LogP contribution in [-0.2, 0) is 29.0 Å². The van der Waals surface area contributed by atoms with Crippen molar-refractivity contribution in [2.75, 3.05) is 33.9 Å². The van der Waals surface area contributed by atoms with E-state index in [1.54, 1.807) is 44.8 Å². The number of carbonyl (C=O) groups excluding carboxylic acids is 3. The molecule has 12 heteroatoms. The summed E-state index contributed by atoms with van der Waals surface area (Å²) in [5, 5.41) is 13.5. The zero-order valence-corrected chi connectivity index (χ0v) is 29.1. The number of hydrogen-bond donors (Lipinski definition) is 3. The summed E-state index contributed by atoms with van der Waals surface area (Å²) >= 11 is 0. The van der Waals surface area contributed by atoms with Crippen LogP contribution in [0, 0.1) is 5.92 Å². The molecule has 0 saturated heterocycles. The summed E-state index contributed by atoms with van der Waals surface area (Å²) in [6.07, 6.45) is 5.51. The van der Waals surface area contributed by atoms with Gasteiger partial charge in [-0.15, -0.1) is 0 Å². The van der Waals surface area contributed by atoms with Crippen LogP contribution >= 0.6 is 0 Å². The fraction of sp³-hybridized carbons (Fsp3) is 0.395. The summed E-state index contributed by atoms with van der Waals surface area (Å²) in [6, 6.07) is 17.0. The normalized spacial score (nSPS) is 18.1. The van der Waals surface area contributed by atoms with Crippen LogP contribution in [0.5, 0.6) is 11.5 Å². The minimum atomic E-state index is -0.874. The lowest BCUT2D eigenvalue weighted by Gasteiger charge is -2.29. The van der Waals surface area contributed by atoms with Crippen molar-refractivity contribution in [2.24, 2.45) is 5.92 Å². The molecule has 2 bridgehead atoms. The highest BCUT2D eigenvalue weighted by Gasteiger charge is 2.27. The van der Waals surface area contributed by atoms with Gasteiger partial charge in [0.2, 0.25) is 11.8 Å². The molecule has 0 aliphatic carbocycles. The monoisotopic (exact) mass is 682 g/mol. The van der Waals surface area contributed by atoms with E-state index in [9.17, 15) is 14.4 Å². The molecule has 1 aliphatic rings. The molecule has 1 aliphatic heterocycles. The van der Waals surface area contributed by atoms with Gasteiger partial charge >= 0.3 is 0 Å². The molecule has 50 heavy (non-hydrogen) atoms. The van der Waals surface area contributed by atoms with E-state index >= 15 is 0 Å². The van der Waals surface area contributed by atoms with Crippen LogP contribution in [-0.4, -0.2) is 78.7 Å². The maximum absolute atomic E-state index is 14.1. The molecule has 4 aromatic rings. The Morgan fingerprint density at radius 2 is 1.72 bits per heavy atom. The Kier molecular flexibility index (Phi) is 12.6. The van der Waals surface area contributed by atoms with Crippen LogP contribution in [0.4, 0.5) is 0 Å². The van der Waals surface area contributed by atoms with Gasteiger partial charge in [0.15, 0.2) is 5.76 Å². The van der Waals surface area contributed by atoms with Crippen LogP contribution in [0.2, 0.25) is 0 Å². The highest BCUT2D eigenvalue weighted by atomic mass is 16.5. The van der Waals surface area contributed by atoms with Crippen molar-refractivity contribution < 1.29 is 28.4 Å². The minimum Gasteiger partial charge on any atom is -0.497 e. The van der Waals surface area contributed by atoms with Gasteiger partial charge in [-0.2, -0.15) is 0 Å². The number of ether oxygens (including phenoxy) is 2. The van der Waals surface area contributed by atoms with E-state index < -0.39 is 6.04 Å². The fourth-order valence-corrected chi connectivity index (χ4v) is 6.14. The van der Waals surface area contributed by atoms with Crippen molar-refractivity contribution in [3.05, 3.63) is 95.5 Å². The lowest BCUT2D eigenvalue weighted by atomic mass is 10.0. The van der Waals surface area contributed by atoms with E-state index in [0.29, 0.717) is 67.4 Å². The molecule has 264 valence electrons. The van der Waals surface area contributed by atoms with Gasteiger partial charge in [0.05, 0.1) is 27.3 Å². The van der Waals surface area contributed by atoms with E-state index in [2.05, 4.69) is 39.9 Å². The molecule has 2 atom stereocenters. The smallest absolute Gasteiger partial charge is 0.251 e. The van der Waals surface area contributed by atoms with Crippen molar-refractivity contribution in [2.45, 2.75) is 58.2 Å². The molecule has 5 rings (SSSR count). The number of aromatic nitrogens is 2. The Bertz CT molecular complexity index is 1730. The van der Waals surface area contributed by atoms with E-state index in [-0.39, 0.29) is 42.6 Å². The largest absolute Gasteiger partial charge is 0.497 e. The number of rotatable bonds is 9. The van der Waals surface area contributed by atoms with E-state index in [1.165, 1.54) is 0 Å². The summed E-state index contributed by atoms with van der Waals surface area (Å²) in [5.41, 5.74) is 3.66. The minimum absolute atomic E-state index is 0.0839. The number of methoxy groups -OCH3 is 2. The summed E-state index contributed by atoms with van der Waals surface area (Å²) in [5.74, 6) is 1.34. The second kappa shape index (κ2) is 17.4. The van der Waals surface area contributed by atoms with Gasteiger partial charge in [-0.3, -0.25) is 24.3 Å². The Hall–Kier alpha value is -5.23. The van der Waals surface area contributed by atoms with Crippen LogP contribution in [0.3, 0.4) is 0 Å². The lowest BCUT2D eigenvalue weighted by Crippen LogP contribution is -2.53. The summed E-state index contributed by atoms with van der Waals surface area (Å²) in [6.45, 7) is 5.36. The molecule has 0 radical (unpaired) electrons. The lowest BCUT2D eigenvalue weighted by molar-refractivity contribution is -0.124. The number of carbonyl (C=O) groups is 3. The van der Waals surface area contributed by atoms with Crippen LogP contribution < -0.4 is 25.4 Å². The average Bonchev–Trinajstić information content (AvgIpc) is 3.58. The van der Waals surface area contributed by atoms with Crippen molar-refractivity contribution in [1.29, 1.82) is 0 Å². The number of amides is 3. The van der Waals surface area contributed by atoms with Crippen LogP contribution in [0.25, 0.3) is 11.3 Å². The second-order valence-corrected chi connectivity index (χ2v) is 13.0. The Morgan fingerprint density at radius 3 is 2.44 bits per heavy atom. The van der Waals surface area contributed by atoms with Crippen molar-refractivity contribution >= 4 is 17.7 Å². The molecule has 0 unspecified atom stereocenters. The Labute approximate surface area is 292 Å².